The normalized spacial score (nSPS) is 15.5. The van der Waals surface area contributed by atoms with Crippen LogP contribution >= 0.6 is 0 Å². The molecule has 7 nitrogen and oxygen atoms in total. The van der Waals surface area contributed by atoms with E-state index in [-0.39, 0.29) is 0 Å². The molecule has 0 bridgehead atoms. The molecule has 2 rings (SSSR count). The molecule has 0 saturated carbocycles. The van der Waals surface area contributed by atoms with Crippen LogP contribution in [0.5, 0.6) is 0 Å². The largest absolute Gasteiger partial charge is 0.512 e. The van der Waals surface area contributed by atoms with Gasteiger partial charge in [-0.25, -0.2) is 14.5 Å². The van der Waals surface area contributed by atoms with Crippen molar-refractivity contribution in [1.82, 2.24) is 0 Å². The first kappa shape index (κ1) is 17.4. The van der Waals surface area contributed by atoms with Crippen LogP contribution < -0.4 is 4.90 Å². The number of carbonyl (C=O) groups is 3. The number of carbonyl (C=O) groups excluding carboxylic acids is 3. The predicted octanol–water partition coefficient (Wildman–Crippen LogP) is 2.69. The number of rotatable bonds is 4. The van der Waals surface area contributed by atoms with Crippen molar-refractivity contribution in [3.63, 3.8) is 0 Å². The second-order valence-corrected chi connectivity index (χ2v) is 5.63. The Labute approximate surface area is 139 Å². The number of aliphatic hydroxyl groups excluding tert-OH is 1. The number of ether oxygens (including phenoxy) is 1. The summed E-state index contributed by atoms with van der Waals surface area (Å²) >= 11 is 0. The lowest BCUT2D eigenvalue weighted by atomic mass is 10.1. The molecule has 0 aliphatic carbocycles. The highest BCUT2D eigenvalue weighted by atomic mass is 16.5. The third-order valence-electron chi connectivity index (χ3n) is 3.24. The Hall–Kier alpha value is -2.96. The van der Waals surface area contributed by atoms with E-state index in [1.54, 1.807) is 38.1 Å². The third kappa shape index (κ3) is 3.34. The fourth-order valence-electron chi connectivity index (χ4n) is 2.16. The highest BCUT2D eigenvalue weighted by Crippen LogP contribution is 2.23. The fourth-order valence-corrected chi connectivity index (χ4v) is 2.16. The minimum atomic E-state index is -0.907. The summed E-state index contributed by atoms with van der Waals surface area (Å²) in [5.74, 6) is -2.13. The van der Waals surface area contributed by atoms with E-state index in [1.165, 1.54) is 6.92 Å². The number of aliphatic imine (C=N–C) groups is 1. The summed E-state index contributed by atoms with van der Waals surface area (Å²) in [6.07, 6.45) is -0.451. The van der Waals surface area contributed by atoms with Crippen LogP contribution in [0.15, 0.2) is 40.6 Å². The summed E-state index contributed by atoms with van der Waals surface area (Å²) < 4.78 is 5.01. The molecule has 1 aliphatic heterocycles. The Balaban J connectivity index is 2.38. The van der Waals surface area contributed by atoms with E-state index >= 15 is 0 Å². The number of benzene rings is 1. The van der Waals surface area contributed by atoms with Crippen LogP contribution in [0.1, 0.15) is 26.3 Å². The topological polar surface area (TPSA) is 96.3 Å². The van der Waals surface area contributed by atoms with Gasteiger partial charge in [-0.05, 0) is 39.8 Å². The molecule has 1 N–H and O–H groups in total. The maximum absolute atomic E-state index is 12.6. The molecule has 24 heavy (non-hydrogen) atoms. The second-order valence-electron chi connectivity index (χ2n) is 5.63. The Morgan fingerprint density at radius 1 is 1.21 bits per heavy atom. The van der Waals surface area contributed by atoms with E-state index in [0.717, 1.165) is 10.5 Å². The van der Waals surface area contributed by atoms with Gasteiger partial charge in [0.25, 0.3) is 5.91 Å². The molecule has 1 aromatic rings. The van der Waals surface area contributed by atoms with Gasteiger partial charge in [0.15, 0.2) is 5.71 Å². The molecule has 0 unspecified atom stereocenters. The van der Waals surface area contributed by atoms with Gasteiger partial charge in [-0.1, -0.05) is 17.7 Å². The van der Waals surface area contributed by atoms with Crippen molar-refractivity contribution in [2.75, 3.05) is 4.90 Å². The zero-order valence-electron chi connectivity index (χ0n) is 13.9. The van der Waals surface area contributed by atoms with E-state index in [0.29, 0.717) is 5.69 Å². The lowest BCUT2D eigenvalue weighted by Crippen LogP contribution is -2.35. The zero-order chi connectivity index (χ0) is 18.0. The molecule has 0 aromatic heterocycles. The van der Waals surface area contributed by atoms with Crippen LogP contribution in [0, 0.1) is 6.92 Å². The molecule has 0 fully saturated rings. The van der Waals surface area contributed by atoms with E-state index in [2.05, 4.69) is 4.99 Å². The number of aryl methyl sites for hydroxylation is 1. The number of hydrogen-bond acceptors (Lipinski definition) is 5. The van der Waals surface area contributed by atoms with Gasteiger partial charge in [0.2, 0.25) is 0 Å². The second kappa shape index (κ2) is 6.66. The van der Waals surface area contributed by atoms with Crippen molar-refractivity contribution in [3.05, 3.63) is 41.2 Å². The summed E-state index contributed by atoms with van der Waals surface area (Å²) in [7, 11) is 0. The molecule has 7 heteroatoms. The third-order valence-corrected chi connectivity index (χ3v) is 3.24. The van der Waals surface area contributed by atoms with Gasteiger partial charge in [0.1, 0.15) is 11.3 Å². The summed E-state index contributed by atoms with van der Waals surface area (Å²) in [5.41, 5.74) is 0.468. The van der Waals surface area contributed by atoms with Crippen LogP contribution in [-0.4, -0.2) is 34.8 Å². The smallest absolute Gasteiger partial charge is 0.355 e. The number of hydrogen-bond donors (Lipinski definition) is 1. The van der Waals surface area contributed by atoms with Gasteiger partial charge in [-0.2, -0.15) is 4.99 Å². The molecule has 126 valence electrons. The maximum Gasteiger partial charge on any atom is 0.355 e. The molecule has 1 aromatic carbocycles. The van der Waals surface area contributed by atoms with Gasteiger partial charge >= 0.3 is 12.0 Å². The molecule has 0 spiro atoms. The Kier molecular flexibility index (Phi) is 4.82. The fraction of sp³-hybridized carbons (Fsp3) is 0.294. The summed E-state index contributed by atoms with van der Waals surface area (Å²) in [6, 6.07) is 5.87. The van der Waals surface area contributed by atoms with Crippen molar-refractivity contribution in [3.8, 4) is 0 Å². The van der Waals surface area contributed by atoms with Gasteiger partial charge in [-0.3, -0.25) is 4.79 Å². The number of nitrogens with zero attached hydrogens (tertiary/aromatic N) is 2. The first-order chi connectivity index (χ1) is 11.2. The van der Waals surface area contributed by atoms with Crippen molar-refractivity contribution >= 4 is 29.3 Å². The highest BCUT2D eigenvalue weighted by Gasteiger charge is 2.40. The Bertz CT molecular complexity index is 756. The van der Waals surface area contributed by atoms with Crippen molar-refractivity contribution in [2.24, 2.45) is 4.99 Å². The zero-order valence-corrected chi connectivity index (χ0v) is 13.9. The summed E-state index contributed by atoms with van der Waals surface area (Å²) in [6.45, 7) is 6.36. The molecule has 1 heterocycles. The molecule has 0 atom stereocenters. The van der Waals surface area contributed by atoms with E-state index in [1.807, 2.05) is 6.92 Å². The lowest BCUT2D eigenvalue weighted by molar-refractivity contribution is -0.142. The molecular formula is C17H18N2O5. The standard InChI is InChI=1S/C17H18N2O5/c1-9(2)24-16(22)13(11(4)20)14-15(21)19(17(23)18-14)12-7-5-10(3)6-8-12/h5-9,20H,1-4H3. The molecule has 0 radical (unpaired) electrons. The van der Waals surface area contributed by atoms with Gasteiger partial charge in [0.05, 0.1) is 11.8 Å². The van der Waals surface area contributed by atoms with Crippen LogP contribution in [0.2, 0.25) is 0 Å². The van der Waals surface area contributed by atoms with E-state index in [9.17, 15) is 19.5 Å². The molecule has 0 saturated heterocycles. The molecule has 1 aliphatic rings. The number of imide groups is 1. The maximum atomic E-state index is 12.6. The predicted molar refractivity (Wildman–Crippen MR) is 88.1 cm³/mol. The van der Waals surface area contributed by atoms with Crippen molar-refractivity contribution in [2.45, 2.75) is 33.8 Å². The highest BCUT2D eigenvalue weighted by molar-refractivity contribution is 6.61. The first-order valence-corrected chi connectivity index (χ1v) is 7.37. The average molecular weight is 330 g/mol. The van der Waals surface area contributed by atoms with Crippen molar-refractivity contribution < 1.29 is 24.2 Å². The lowest BCUT2D eigenvalue weighted by Gasteiger charge is -2.14. The van der Waals surface area contributed by atoms with Crippen LogP contribution in [0.4, 0.5) is 10.5 Å². The van der Waals surface area contributed by atoms with Crippen LogP contribution in [-0.2, 0) is 14.3 Å². The minimum absolute atomic E-state index is 0.335. The number of allylic oxidation sites excluding steroid dienone is 1. The molecule has 3 amide bonds. The Morgan fingerprint density at radius 2 is 1.79 bits per heavy atom. The van der Waals surface area contributed by atoms with Gasteiger partial charge in [0, 0.05) is 0 Å². The molecular weight excluding hydrogens is 312 g/mol. The average Bonchev–Trinajstić information content (AvgIpc) is 2.74. The number of anilines is 1. The summed E-state index contributed by atoms with van der Waals surface area (Å²) in [4.78, 5) is 41.3. The van der Waals surface area contributed by atoms with Crippen LogP contribution in [0.3, 0.4) is 0 Å². The van der Waals surface area contributed by atoms with Gasteiger partial charge in [-0.15, -0.1) is 0 Å². The number of amides is 3. The number of esters is 1. The van der Waals surface area contributed by atoms with E-state index < -0.39 is 41.1 Å². The van der Waals surface area contributed by atoms with E-state index in [4.69, 9.17) is 4.74 Å². The first-order valence-electron chi connectivity index (χ1n) is 7.37. The number of urea groups is 1. The monoisotopic (exact) mass is 330 g/mol. The van der Waals surface area contributed by atoms with Gasteiger partial charge < -0.3 is 9.84 Å². The minimum Gasteiger partial charge on any atom is -0.512 e. The Morgan fingerprint density at radius 3 is 2.29 bits per heavy atom. The quantitative estimate of drug-likeness (QED) is 0.520. The summed E-state index contributed by atoms with van der Waals surface area (Å²) in [5, 5.41) is 9.77. The SMILES string of the molecule is CC(O)=C(C(=O)OC(C)C)C1=NC(=O)N(c2ccc(C)cc2)C1=O. The number of aliphatic hydroxyl groups is 1. The van der Waals surface area contributed by atoms with Crippen LogP contribution in [0.25, 0.3) is 0 Å². The van der Waals surface area contributed by atoms with Crippen molar-refractivity contribution in [1.29, 1.82) is 0 Å².